The highest BCUT2D eigenvalue weighted by molar-refractivity contribution is 5.96. The zero-order chi connectivity index (χ0) is 21.4. The molecule has 0 saturated heterocycles. The van der Waals surface area contributed by atoms with Gasteiger partial charge in [0.2, 0.25) is 11.8 Å². The molecule has 0 aromatic heterocycles. The van der Waals surface area contributed by atoms with E-state index in [1.165, 1.54) is 18.7 Å². The number of ketones is 1. The fraction of sp³-hybridized carbons (Fsp3) is 0.318. The molecule has 0 fully saturated rings. The summed E-state index contributed by atoms with van der Waals surface area (Å²) in [5, 5.41) is 2.74. The summed E-state index contributed by atoms with van der Waals surface area (Å²) in [7, 11) is 3.14. The van der Waals surface area contributed by atoms with Crippen molar-refractivity contribution >= 4 is 23.3 Å². The van der Waals surface area contributed by atoms with Crippen molar-refractivity contribution in [2.75, 3.05) is 32.6 Å². The average Bonchev–Trinajstić information content (AvgIpc) is 2.70. The maximum Gasteiger partial charge on any atom is 0.243 e. The Balaban J connectivity index is 1.96. The number of carbonyl (C=O) groups is 3. The first-order valence-corrected chi connectivity index (χ1v) is 9.21. The fourth-order valence-corrected chi connectivity index (χ4v) is 2.81. The van der Waals surface area contributed by atoms with Gasteiger partial charge in [0.05, 0.1) is 20.8 Å². The number of hydrogen-bond donors (Lipinski definition) is 1. The van der Waals surface area contributed by atoms with Crippen LogP contribution in [0.1, 0.15) is 29.8 Å². The molecule has 0 saturated carbocycles. The van der Waals surface area contributed by atoms with Crippen molar-refractivity contribution in [3.8, 4) is 11.5 Å². The van der Waals surface area contributed by atoms with Crippen LogP contribution in [0.15, 0.2) is 42.5 Å². The van der Waals surface area contributed by atoms with Gasteiger partial charge in [-0.3, -0.25) is 14.4 Å². The third-order valence-corrected chi connectivity index (χ3v) is 4.47. The molecule has 0 aliphatic heterocycles. The van der Waals surface area contributed by atoms with Crippen LogP contribution in [-0.2, 0) is 16.0 Å². The first-order chi connectivity index (χ1) is 13.8. The second-order valence-electron chi connectivity index (χ2n) is 6.56. The van der Waals surface area contributed by atoms with Crippen molar-refractivity contribution in [1.82, 2.24) is 4.90 Å². The minimum atomic E-state index is -0.303. The molecule has 2 rings (SSSR count). The summed E-state index contributed by atoms with van der Waals surface area (Å²) in [6.45, 7) is 3.25. The fourth-order valence-electron chi connectivity index (χ4n) is 2.81. The molecule has 2 aromatic rings. The highest BCUT2D eigenvalue weighted by Crippen LogP contribution is 2.27. The van der Waals surface area contributed by atoms with Gasteiger partial charge in [0.15, 0.2) is 17.3 Å². The molecule has 0 radical (unpaired) electrons. The molecule has 29 heavy (non-hydrogen) atoms. The van der Waals surface area contributed by atoms with Gasteiger partial charge in [-0.25, -0.2) is 0 Å². The number of anilines is 1. The Hall–Kier alpha value is -3.35. The van der Waals surface area contributed by atoms with E-state index in [2.05, 4.69) is 5.32 Å². The van der Waals surface area contributed by atoms with Crippen molar-refractivity contribution in [3.05, 3.63) is 53.6 Å². The molecular weight excluding hydrogens is 372 g/mol. The number of nitrogens with zero attached hydrogens (tertiary/aromatic N) is 1. The molecule has 2 aromatic carbocycles. The molecule has 0 spiro atoms. The van der Waals surface area contributed by atoms with Gasteiger partial charge in [0.25, 0.3) is 0 Å². The standard InChI is InChI=1S/C22H26N2O5/c1-15(25)18-6-8-19(9-7-18)23-22(27)14-24(16(2)26)12-11-17-5-10-20(28-3)21(13-17)29-4/h5-10,13H,11-12,14H2,1-4H3,(H,23,27). The summed E-state index contributed by atoms with van der Waals surface area (Å²) in [4.78, 5) is 37.1. The summed E-state index contributed by atoms with van der Waals surface area (Å²) in [5.41, 5.74) is 2.11. The first kappa shape index (κ1) is 21.9. The molecule has 0 unspecified atom stereocenters. The van der Waals surface area contributed by atoms with E-state index < -0.39 is 0 Å². The van der Waals surface area contributed by atoms with Crippen molar-refractivity contribution in [1.29, 1.82) is 0 Å². The normalized spacial score (nSPS) is 10.2. The van der Waals surface area contributed by atoms with E-state index in [1.54, 1.807) is 38.5 Å². The SMILES string of the molecule is COc1ccc(CCN(CC(=O)Nc2ccc(C(C)=O)cc2)C(C)=O)cc1OC. The largest absolute Gasteiger partial charge is 0.493 e. The molecule has 0 aliphatic rings. The lowest BCUT2D eigenvalue weighted by molar-refractivity contribution is -0.132. The Labute approximate surface area is 170 Å². The lowest BCUT2D eigenvalue weighted by Crippen LogP contribution is -2.38. The molecule has 154 valence electrons. The third-order valence-electron chi connectivity index (χ3n) is 4.47. The number of hydrogen-bond acceptors (Lipinski definition) is 5. The smallest absolute Gasteiger partial charge is 0.243 e. The zero-order valence-electron chi connectivity index (χ0n) is 17.2. The van der Waals surface area contributed by atoms with Crippen LogP contribution in [0.3, 0.4) is 0 Å². The Morgan fingerprint density at radius 3 is 2.14 bits per heavy atom. The first-order valence-electron chi connectivity index (χ1n) is 9.21. The van der Waals surface area contributed by atoms with Crippen LogP contribution < -0.4 is 14.8 Å². The highest BCUT2D eigenvalue weighted by atomic mass is 16.5. The van der Waals surface area contributed by atoms with Crippen molar-refractivity contribution in [3.63, 3.8) is 0 Å². The van der Waals surface area contributed by atoms with E-state index in [-0.39, 0.29) is 24.1 Å². The van der Waals surface area contributed by atoms with Crippen LogP contribution in [0.25, 0.3) is 0 Å². The zero-order valence-corrected chi connectivity index (χ0v) is 17.2. The summed E-state index contributed by atoms with van der Waals surface area (Å²) in [6, 6.07) is 12.2. The summed E-state index contributed by atoms with van der Waals surface area (Å²) >= 11 is 0. The van der Waals surface area contributed by atoms with Gasteiger partial charge >= 0.3 is 0 Å². The quantitative estimate of drug-likeness (QED) is 0.657. The van der Waals surface area contributed by atoms with Crippen LogP contribution in [-0.4, -0.2) is 49.8 Å². The van der Waals surface area contributed by atoms with Crippen LogP contribution in [0.4, 0.5) is 5.69 Å². The van der Waals surface area contributed by atoms with Crippen LogP contribution >= 0.6 is 0 Å². The van der Waals surface area contributed by atoms with E-state index in [1.807, 2.05) is 18.2 Å². The monoisotopic (exact) mass is 398 g/mol. The molecule has 0 atom stereocenters. The van der Waals surface area contributed by atoms with Crippen molar-refractivity contribution in [2.24, 2.45) is 0 Å². The summed E-state index contributed by atoms with van der Waals surface area (Å²) in [5.74, 6) is 0.720. The second kappa shape index (κ2) is 10.3. The number of Topliss-reactive ketones (excluding diaryl/α,β-unsaturated/α-hetero) is 1. The van der Waals surface area contributed by atoms with Crippen LogP contribution in [0.5, 0.6) is 11.5 Å². The Morgan fingerprint density at radius 2 is 1.59 bits per heavy atom. The number of amides is 2. The lowest BCUT2D eigenvalue weighted by atomic mass is 10.1. The second-order valence-corrected chi connectivity index (χ2v) is 6.56. The molecule has 2 amide bonds. The molecular formula is C22H26N2O5. The van der Waals surface area contributed by atoms with Gasteiger partial charge in [0.1, 0.15) is 0 Å². The number of methoxy groups -OCH3 is 2. The minimum absolute atomic E-state index is 0.0409. The number of rotatable bonds is 9. The van der Waals surface area contributed by atoms with Gasteiger partial charge < -0.3 is 19.7 Å². The number of ether oxygens (including phenoxy) is 2. The van der Waals surface area contributed by atoms with Crippen LogP contribution in [0, 0.1) is 0 Å². The Kier molecular flexibility index (Phi) is 7.77. The molecule has 0 aliphatic carbocycles. The van der Waals surface area contributed by atoms with E-state index in [4.69, 9.17) is 9.47 Å². The number of benzene rings is 2. The topological polar surface area (TPSA) is 84.9 Å². The maximum absolute atomic E-state index is 12.3. The Bertz CT molecular complexity index is 877. The van der Waals surface area contributed by atoms with Crippen molar-refractivity contribution in [2.45, 2.75) is 20.3 Å². The number of carbonyl (C=O) groups excluding carboxylic acids is 3. The van der Waals surface area contributed by atoms with E-state index in [0.717, 1.165) is 5.56 Å². The van der Waals surface area contributed by atoms with Crippen LogP contribution in [0.2, 0.25) is 0 Å². The predicted molar refractivity (Wildman–Crippen MR) is 111 cm³/mol. The van der Waals surface area contributed by atoms with Crippen molar-refractivity contribution < 1.29 is 23.9 Å². The summed E-state index contributed by atoms with van der Waals surface area (Å²) in [6.07, 6.45) is 0.570. The van der Waals surface area contributed by atoms with E-state index >= 15 is 0 Å². The lowest BCUT2D eigenvalue weighted by Gasteiger charge is -2.21. The molecule has 1 N–H and O–H groups in total. The number of nitrogens with one attached hydrogen (secondary N) is 1. The predicted octanol–water partition coefficient (Wildman–Crippen LogP) is 2.94. The minimum Gasteiger partial charge on any atom is -0.493 e. The van der Waals surface area contributed by atoms with Gasteiger partial charge in [-0.05, 0) is 55.3 Å². The summed E-state index contributed by atoms with van der Waals surface area (Å²) < 4.78 is 10.5. The van der Waals surface area contributed by atoms with E-state index in [0.29, 0.717) is 35.7 Å². The van der Waals surface area contributed by atoms with Gasteiger partial charge in [-0.15, -0.1) is 0 Å². The molecule has 7 heteroatoms. The third kappa shape index (κ3) is 6.34. The van der Waals surface area contributed by atoms with Gasteiger partial charge in [0, 0.05) is 24.7 Å². The van der Waals surface area contributed by atoms with Gasteiger partial charge in [-0.2, -0.15) is 0 Å². The molecule has 7 nitrogen and oxygen atoms in total. The van der Waals surface area contributed by atoms with Gasteiger partial charge in [-0.1, -0.05) is 6.07 Å². The molecule has 0 bridgehead atoms. The van der Waals surface area contributed by atoms with E-state index in [9.17, 15) is 14.4 Å². The average molecular weight is 398 g/mol. The molecule has 0 heterocycles. The Morgan fingerprint density at radius 1 is 0.931 bits per heavy atom. The maximum atomic E-state index is 12.3. The highest BCUT2D eigenvalue weighted by Gasteiger charge is 2.15.